The van der Waals surface area contributed by atoms with Crippen molar-refractivity contribution in [1.29, 1.82) is 0 Å². The number of nitrogens with zero attached hydrogens (tertiary/aromatic N) is 8. The minimum atomic E-state index is -0.209. The number of rotatable bonds is 4. The van der Waals surface area contributed by atoms with Gasteiger partial charge in [0.25, 0.3) is 0 Å². The molecule has 0 atom stereocenters. The van der Waals surface area contributed by atoms with E-state index in [2.05, 4.69) is 380 Å². The molecule has 0 saturated carbocycles. The van der Waals surface area contributed by atoms with Gasteiger partial charge in [-0.2, -0.15) is 0 Å². The van der Waals surface area contributed by atoms with Crippen LogP contribution in [0.25, 0.3) is 178 Å². The molecule has 0 amide bonds. The number of aromatic nitrogens is 8. The average Bonchev–Trinajstić information content (AvgIpc) is 1.55. The average molecular weight is 1680 g/mol. The molecule has 0 spiro atoms. The lowest BCUT2D eigenvalue weighted by molar-refractivity contribution is -0.660. The molecule has 0 radical (unpaired) electrons. The number of furan rings is 4. The van der Waals surface area contributed by atoms with E-state index >= 15 is 0 Å². The summed E-state index contributed by atoms with van der Waals surface area (Å²) in [6, 6.07) is 63.7. The third-order valence-corrected chi connectivity index (χ3v) is 29.5. The van der Waals surface area contributed by atoms with Crippen LogP contribution in [-0.4, -0.2) is 19.9 Å². The Labute approximate surface area is 747 Å². The van der Waals surface area contributed by atoms with Crippen molar-refractivity contribution in [3.63, 3.8) is 0 Å². The molecule has 0 bridgehead atoms. The number of fused-ring (bicyclic) bond motifs is 26. The lowest BCUT2D eigenvalue weighted by Gasteiger charge is -2.20. The number of hydrogen-bond donors (Lipinski definition) is 0. The van der Waals surface area contributed by atoms with Crippen molar-refractivity contribution >= 4 is 88.0 Å². The Bertz CT molecular complexity index is 8010. The maximum atomic E-state index is 6.81. The highest BCUT2D eigenvalue weighted by Gasteiger charge is 2.44. The van der Waals surface area contributed by atoms with Crippen LogP contribution in [0.15, 0.2) is 237 Å². The summed E-state index contributed by atoms with van der Waals surface area (Å²) in [5.41, 5.74) is 51.8. The summed E-state index contributed by atoms with van der Waals surface area (Å²) >= 11 is 0. The summed E-state index contributed by atoms with van der Waals surface area (Å²) in [7, 11) is 8.45. The molecule has 128 heavy (non-hydrogen) atoms. The van der Waals surface area contributed by atoms with Gasteiger partial charge in [-0.1, -0.05) is 151 Å². The molecule has 24 rings (SSSR count). The standard InChI is InChI=1S/4C29H27N2O/c1-16-9-10-20-21-12-11-19-22-8-7-13-30-28(22)29(4,5)25(19)27(21)32-26(20)24(16)23-14-17(2)18(3)15-31(23)6;1-16-9-10-19-22-13-23-21(20-8-7-11-30-28(20)29(23,4)5)14-25(22)32-27(19)26(16)24-12-17(2)18(3)15-31(24)6;1-16-11-12-19-21-14-23-26(20-9-7-8-10-22(20)29(23,4)5)30-28(21)32-27(19)25(16)24-13-17(2)18(3)15-31(24)6;1-16-11-12-20-26-28(32-27(20)24(16)23-13-17(2)18(3)15-31(23)6)25-19-9-7-8-10-21(19)29(4,5)22(25)14-30-26/h4*7-15H,1-6H3/q4*+1. The van der Waals surface area contributed by atoms with Crippen molar-refractivity contribution < 1.29 is 35.9 Å². The van der Waals surface area contributed by atoms with Gasteiger partial charge in [-0.15, -0.1) is 0 Å². The molecular formula is C116H108N8O4+4. The second-order valence-electron chi connectivity index (χ2n) is 39.1. The molecule has 0 N–H and O–H groups in total. The van der Waals surface area contributed by atoms with Gasteiger partial charge >= 0.3 is 0 Å². The Kier molecular flexibility index (Phi) is 18.3. The van der Waals surface area contributed by atoms with Crippen LogP contribution in [0.4, 0.5) is 0 Å². The number of pyridine rings is 8. The maximum absolute atomic E-state index is 6.81. The zero-order valence-corrected chi connectivity index (χ0v) is 78.0. The van der Waals surface area contributed by atoms with Gasteiger partial charge in [-0.05, 0) is 228 Å². The van der Waals surface area contributed by atoms with Crippen LogP contribution in [0.2, 0.25) is 0 Å². The minimum Gasteiger partial charge on any atom is -0.455 e. The second kappa shape index (κ2) is 28.8. The summed E-state index contributed by atoms with van der Waals surface area (Å²) in [6.07, 6.45) is 14.6. The summed E-state index contributed by atoms with van der Waals surface area (Å²) < 4.78 is 35.5. The molecule has 4 aliphatic carbocycles. The van der Waals surface area contributed by atoms with E-state index in [-0.39, 0.29) is 21.7 Å². The van der Waals surface area contributed by atoms with E-state index in [1.165, 1.54) is 183 Å². The summed E-state index contributed by atoms with van der Waals surface area (Å²) in [5.74, 6) is 0. The molecule has 12 aromatic heterocycles. The molecule has 632 valence electrons. The normalized spacial score (nSPS) is 14.2. The Morgan fingerprint density at radius 2 is 0.664 bits per heavy atom. The van der Waals surface area contributed by atoms with Crippen LogP contribution in [0.3, 0.4) is 0 Å². The Balaban J connectivity index is 0.000000104. The molecule has 4 aliphatic rings. The molecule has 12 heterocycles. The van der Waals surface area contributed by atoms with Gasteiger partial charge in [0.05, 0.1) is 39.3 Å². The zero-order valence-electron chi connectivity index (χ0n) is 78.0. The van der Waals surface area contributed by atoms with Gasteiger partial charge in [0.2, 0.25) is 28.5 Å². The van der Waals surface area contributed by atoms with Gasteiger partial charge in [-0.3, -0.25) is 15.0 Å². The van der Waals surface area contributed by atoms with Crippen molar-refractivity contribution in [2.75, 3.05) is 0 Å². The third kappa shape index (κ3) is 12.0. The van der Waals surface area contributed by atoms with Gasteiger partial charge < -0.3 is 17.7 Å². The van der Waals surface area contributed by atoms with E-state index < -0.39 is 0 Å². The smallest absolute Gasteiger partial charge is 0.227 e. The summed E-state index contributed by atoms with van der Waals surface area (Å²) in [6.45, 7) is 44.1. The topological polar surface area (TPSA) is 120 Å². The van der Waals surface area contributed by atoms with Gasteiger partial charge in [0.15, 0.2) is 41.5 Å². The number of benzene rings is 8. The Morgan fingerprint density at radius 1 is 0.266 bits per heavy atom. The molecule has 0 unspecified atom stereocenters. The van der Waals surface area contributed by atoms with Gasteiger partial charge in [0.1, 0.15) is 56.0 Å². The predicted molar refractivity (Wildman–Crippen MR) is 520 cm³/mol. The van der Waals surface area contributed by atoms with Crippen molar-refractivity contribution in [1.82, 2.24) is 19.9 Å². The molecule has 12 heteroatoms. The van der Waals surface area contributed by atoms with Crippen molar-refractivity contribution in [3.05, 3.63) is 331 Å². The van der Waals surface area contributed by atoms with E-state index in [1.54, 1.807) is 0 Å². The maximum Gasteiger partial charge on any atom is 0.227 e. The van der Waals surface area contributed by atoms with E-state index in [9.17, 15) is 0 Å². The van der Waals surface area contributed by atoms with E-state index in [4.69, 9.17) is 37.6 Å². The fourth-order valence-electron chi connectivity index (χ4n) is 21.8. The number of hydrogen-bond acceptors (Lipinski definition) is 8. The monoisotopic (exact) mass is 1680 g/mol. The van der Waals surface area contributed by atoms with Crippen LogP contribution in [0.5, 0.6) is 0 Å². The lowest BCUT2D eigenvalue weighted by atomic mass is 9.82. The largest absolute Gasteiger partial charge is 0.455 e. The minimum absolute atomic E-state index is 0.0786. The van der Waals surface area contributed by atoms with Crippen molar-refractivity contribution in [2.45, 2.75) is 160 Å². The Hall–Kier alpha value is -13.8. The van der Waals surface area contributed by atoms with Gasteiger partial charge in [0, 0.05) is 152 Å². The van der Waals surface area contributed by atoms with Gasteiger partial charge in [-0.25, -0.2) is 23.3 Å². The highest BCUT2D eigenvalue weighted by atomic mass is 16.3. The molecule has 12 nitrogen and oxygen atoms in total. The molecule has 0 aliphatic heterocycles. The zero-order chi connectivity index (χ0) is 89.4. The molecule has 0 saturated heterocycles. The second-order valence-corrected chi connectivity index (χ2v) is 39.1. The lowest BCUT2D eigenvalue weighted by Crippen LogP contribution is -2.31. The van der Waals surface area contributed by atoms with Crippen LogP contribution < -0.4 is 18.3 Å². The first kappa shape index (κ1) is 81.2. The highest BCUT2D eigenvalue weighted by molar-refractivity contribution is 6.16. The predicted octanol–water partition coefficient (Wildman–Crippen LogP) is 26.8. The molecule has 8 aromatic carbocycles. The van der Waals surface area contributed by atoms with Crippen LogP contribution >= 0.6 is 0 Å². The third-order valence-electron chi connectivity index (χ3n) is 29.5. The quantitative estimate of drug-likeness (QED) is 0.160. The fraction of sp³-hybridized carbons (Fsp3) is 0.241. The van der Waals surface area contributed by atoms with E-state index in [0.29, 0.717) is 5.71 Å². The fourth-order valence-corrected chi connectivity index (χ4v) is 21.8. The molecule has 0 fully saturated rings. The van der Waals surface area contributed by atoms with Crippen LogP contribution in [0, 0.1) is 83.1 Å². The van der Waals surface area contributed by atoms with Crippen molar-refractivity contribution in [2.24, 2.45) is 28.2 Å². The first-order chi connectivity index (χ1) is 61.1. The summed E-state index contributed by atoms with van der Waals surface area (Å²) in [4.78, 5) is 19.5. The SMILES string of the molecule is Cc1cc(-c2c(C)ccc3c2oc2c4c(ccc23)-c2cccnc2C4(C)C)[n+](C)cc1C.Cc1cc(-c2c(C)ccc3c2oc2c4c(cnc23)C(C)(C)c2ccccc2-4)[n+](C)cc1C.Cc1cc(-c2c(C)ccc3c2oc2cc4c(cc23)C(C)(C)c2ncccc2-4)[n+](C)cc1C.Cc1cc(-c2c(C)ccc3c2oc2nc4c(cc23)C(C)(C)c2ccccc2-4)[n+](C)cc1C. The first-order valence-corrected chi connectivity index (χ1v) is 44.8. The number of aryl methyl sites for hydroxylation is 16. The van der Waals surface area contributed by atoms with Crippen LogP contribution in [0.1, 0.15) is 167 Å². The molecule has 20 aromatic rings. The van der Waals surface area contributed by atoms with E-state index in [0.717, 1.165) is 100 Å². The first-order valence-electron chi connectivity index (χ1n) is 44.8. The van der Waals surface area contributed by atoms with Crippen molar-refractivity contribution in [3.8, 4) is 89.7 Å². The molecular weight excluding hydrogens is 1570 g/mol. The highest BCUT2D eigenvalue weighted by Crippen LogP contribution is 2.57. The summed E-state index contributed by atoms with van der Waals surface area (Å²) in [5, 5.41) is 7.97. The van der Waals surface area contributed by atoms with Crippen LogP contribution in [-0.2, 0) is 49.9 Å². The Morgan fingerprint density at radius 3 is 1.20 bits per heavy atom. The van der Waals surface area contributed by atoms with E-state index in [1.807, 2.05) is 24.5 Å².